The van der Waals surface area contributed by atoms with E-state index in [1.165, 1.54) is 35.0 Å². The Morgan fingerprint density at radius 2 is 1.26 bits per heavy atom. The van der Waals surface area contributed by atoms with E-state index in [1.54, 1.807) is 66.7 Å². The molecule has 3 N–H and O–H groups in total. The van der Waals surface area contributed by atoms with Crippen LogP contribution in [0.1, 0.15) is 11.1 Å². The van der Waals surface area contributed by atoms with Gasteiger partial charge in [-0.25, -0.2) is 0 Å². The first kappa shape index (κ1) is 20.2. The van der Waals surface area contributed by atoms with Crippen LogP contribution in [0.25, 0.3) is 6.08 Å². The zero-order chi connectivity index (χ0) is 21.8. The molecule has 4 rings (SSSR count). The molecule has 8 heteroatoms. The van der Waals surface area contributed by atoms with Crippen LogP contribution < -0.4 is 4.90 Å². The molecular weight excluding hydrogens is 414 g/mol. The number of hydrogen-bond acceptors (Lipinski definition) is 7. The predicted octanol–water partition coefficient (Wildman–Crippen LogP) is 4.31. The molecule has 1 heterocycles. The van der Waals surface area contributed by atoms with Gasteiger partial charge in [0, 0.05) is 0 Å². The quantitative estimate of drug-likeness (QED) is 0.324. The molecule has 0 aliphatic carbocycles. The molecule has 154 valence electrons. The van der Waals surface area contributed by atoms with E-state index in [-0.39, 0.29) is 23.2 Å². The Hall–Kier alpha value is -4.04. The van der Waals surface area contributed by atoms with Crippen LogP contribution in [0.2, 0.25) is 0 Å². The van der Waals surface area contributed by atoms with Crippen molar-refractivity contribution in [2.75, 3.05) is 4.90 Å². The summed E-state index contributed by atoms with van der Waals surface area (Å²) in [6.07, 6.45) is 3.24. The average molecular weight is 431 g/mol. The Bertz CT molecular complexity index is 1190. The van der Waals surface area contributed by atoms with Gasteiger partial charge in [-0.2, -0.15) is 5.10 Å². The molecule has 31 heavy (non-hydrogen) atoms. The van der Waals surface area contributed by atoms with E-state index in [1.807, 2.05) is 0 Å². The van der Waals surface area contributed by atoms with Crippen molar-refractivity contribution in [1.29, 1.82) is 0 Å². The average Bonchev–Trinajstić information content (AvgIpc) is 3.07. The fourth-order valence-corrected chi connectivity index (χ4v) is 3.74. The molecule has 3 aromatic rings. The van der Waals surface area contributed by atoms with E-state index >= 15 is 0 Å². The third kappa shape index (κ3) is 4.76. The zero-order valence-electron chi connectivity index (χ0n) is 16.1. The van der Waals surface area contributed by atoms with Gasteiger partial charge in [0.1, 0.15) is 17.2 Å². The lowest BCUT2D eigenvalue weighted by Crippen LogP contribution is -2.28. The van der Waals surface area contributed by atoms with Crippen molar-refractivity contribution >= 4 is 40.8 Å². The first-order valence-electron chi connectivity index (χ1n) is 9.22. The SMILES string of the molecule is O=C1/C(=C/c2ccc(O)cc2)S/C(=N/N=C\c2ccc(O)cc2)N1c1ccc(O)cc1. The van der Waals surface area contributed by atoms with Gasteiger partial charge in [-0.15, -0.1) is 5.10 Å². The van der Waals surface area contributed by atoms with Crippen LogP contribution in [0.3, 0.4) is 0 Å². The molecule has 0 radical (unpaired) electrons. The van der Waals surface area contributed by atoms with Crippen molar-refractivity contribution in [2.24, 2.45) is 10.2 Å². The minimum atomic E-state index is -0.276. The second-order valence-corrected chi connectivity index (χ2v) is 7.59. The Morgan fingerprint density at radius 1 is 0.742 bits per heavy atom. The molecule has 1 aliphatic heterocycles. The molecule has 0 unspecified atom stereocenters. The molecule has 1 amide bonds. The van der Waals surface area contributed by atoms with Crippen molar-refractivity contribution in [1.82, 2.24) is 0 Å². The summed E-state index contributed by atoms with van der Waals surface area (Å²) in [5.41, 5.74) is 2.05. The Morgan fingerprint density at radius 3 is 1.84 bits per heavy atom. The van der Waals surface area contributed by atoms with Crippen molar-refractivity contribution in [3.63, 3.8) is 0 Å². The van der Waals surface area contributed by atoms with Gasteiger partial charge in [-0.3, -0.25) is 9.69 Å². The van der Waals surface area contributed by atoms with Gasteiger partial charge in [-0.05, 0) is 89.6 Å². The van der Waals surface area contributed by atoms with Crippen LogP contribution in [0.4, 0.5) is 5.69 Å². The lowest BCUT2D eigenvalue weighted by Gasteiger charge is -2.14. The summed E-state index contributed by atoms with van der Waals surface area (Å²) in [5.74, 6) is 0.112. The molecule has 7 nitrogen and oxygen atoms in total. The highest BCUT2D eigenvalue weighted by Crippen LogP contribution is 2.36. The van der Waals surface area contributed by atoms with Crippen LogP contribution in [-0.2, 0) is 4.79 Å². The summed E-state index contributed by atoms with van der Waals surface area (Å²) < 4.78 is 0. The monoisotopic (exact) mass is 431 g/mol. The third-order valence-electron chi connectivity index (χ3n) is 4.35. The van der Waals surface area contributed by atoms with Crippen LogP contribution in [-0.4, -0.2) is 32.6 Å². The number of carbonyl (C=O) groups excluding carboxylic acids is 1. The highest BCUT2D eigenvalue weighted by Gasteiger charge is 2.35. The number of rotatable bonds is 4. The van der Waals surface area contributed by atoms with Crippen LogP contribution in [0.5, 0.6) is 17.2 Å². The lowest BCUT2D eigenvalue weighted by molar-refractivity contribution is -0.113. The van der Waals surface area contributed by atoms with Gasteiger partial charge in [0.25, 0.3) is 5.91 Å². The van der Waals surface area contributed by atoms with Crippen LogP contribution in [0.15, 0.2) is 87.9 Å². The van der Waals surface area contributed by atoms with Crippen molar-refractivity contribution in [3.05, 3.63) is 88.8 Å². The fraction of sp³-hybridized carbons (Fsp3) is 0. The number of amidine groups is 1. The molecule has 1 saturated heterocycles. The van der Waals surface area contributed by atoms with Gasteiger partial charge in [0.2, 0.25) is 5.17 Å². The topological polar surface area (TPSA) is 106 Å². The van der Waals surface area contributed by atoms with Gasteiger partial charge >= 0.3 is 0 Å². The van der Waals surface area contributed by atoms with E-state index in [2.05, 4.69) is 10.2 Å². The number of aromatic hydroxyl groups is 3. The standard InChI is InChI=1S/C23H17N3O4S/c27-18-7-1-15(2-8-18)13-21-22(30)26(17-5-11-20(29)12-6-17)23(31-21)25-24-14-16-3-9-19(28)10-4-16/h1-14,27-29H/b21-13-,24-14-,25-23+. The first-order valence-corrected chi connectivity index (χ1v) is 10.0. The summed E-state index contributed by atoms with van der Waals surface area (Å²) in [4.78, 5) is 15.0. The number of benzene rings is 3. The molecule has 0 bridgehead atoms. The van der Waals surface area contributed by atoms with E-state index < -0.39 is 0 Å². The minimum Gasteiger partial charge on any atom is -0.508 e. The van der Waals surface area contributed by atoms with Crippen molar-refractivity contribution in [2.45, 2.75) is 0 Å². The smallest absolute Gasteiger partial charge is 0.271 e. The van der Waals surface area contributed by atoms with E-state index in [4.69, 9.17) is 0 Å². The number of hydrogen-bond donors (Lipinski definition) is 3. The molecule has 0 aromatic heterocycles. The number of nitrogens with zero attached hydrogens (tertiary/aromatic N) is 3. The predicted molar refractivity (Wildman–Crippen MR) is 122 cm³/mol. The van der Waals surface area contributed by atoms with Gasteiger partial charge < -0.3 is 15.3 Å². The van der Waals surface area contributed by atoms with Crippen molar-refractivity contribution in [3.8, 4) is 17.2 Å². The van der Waals surface area contributed by atoms with Gasteiger partial charge in [0.15, 0.2) is 0 Å². The Kier molecular flexibility index (Phi) is 5.72. The summed E-state index contributed by atoms with van der Waals surface area (Å²) in [6.45, 7) is 0. The Balaban J connectivity index is 1.67. The summed E-state index contributed by atoms with van der Waals surface area (Å²) in [6, 6.07) is 19.2. The number of thioether (sulfide) groups is 1. The first-order chi connectivity index (χ1) is 15.0. The lowest BCUT2D eigenvalue weighted by atomic mass is 10.2. The largest absolute Gasteiger partial charge is 0.508 e. The molecular formula is C23H17N3O4S. The van der Waals surface area contributed by atoms with E-state index in [0.29, 0.717) is 15.8 Å². The summed E-state index contributed by atoms with van der Waals surface area (Å²) in [7, 11) is 0. The number of phenols is 3. The second kappa shape index (κ2) is 8.76. The molecule has 1 fully saturated rings. The second-order valence-electron chi connectivity index (χ2n) is 6.58. The molecule has 3 aromatic carbocycles. The number of anilines is 1. The zero-order valence-corrected chi connectivity index (χ0v) is 16.9. The third-order valence-corrected chi connectivity index (χ3v) is 5.31. The van der Waals surface area contributed by atoms with Crippen LogP contribution in [0, 0.1) is 0 Å². The molecule has 0 atom stereocenters. The molecule has 0 spiro atoms. The highest BCUT2D eigenvalue weighted by molar-refractivity contribution is 8.19. The van der Waals surface area contributed by atoms with Crippen LogP contribution >= 0.6 is 11.8 Å². The molecule has 1 aliphatic rings. The van der Waals surface area contributed by atoms with E-state index in [9.17, 15) is 20.1 Å². The number of amides is 1. The number of phenolic OH excluding ortho intramolecular Hbond substituents is 3. The maximum Gasteiger partial charge on any atom is 0.271 e. The maximum atomic E-state index is 13.1. The van der Waals surface area contributed by atoms with Gasteiger partial charge in [0.05, 0.1) is 16.8 Å². The minimum absolute atomic E-state index is 0.0896. The van der Waals surface area contributed by atoms with Crippen molar-refractivity contribution < 1.29 is 20.1 Å². The summed E-state index contributed by atoms with van der Waals surface area (Å²) >= 11 is 1.17. The summed E-state index contributed by atoms with van der Waals surface area (Å²) in [5, 5.41) is 37.1. The molecule has 0 saturated carbocycles. The van der Waals surface area contributed by atoms with Gasteiger partial charge in [-0.1, -0.05) is 12.1 Å². The maximum absolute atomic E-state index is 13.1. The Labute approximate surface area is 182 Å². The van der Waals surface area contributed by atoms with E-state index in [0.717, 1.165) is 11.1 Å². The normalized spacial score (nSPS) is 16.6. The number of carbonyl (C=O) groups is 1. The highest BCUT2D eigenvalue weighted by atomic mass is 32.2. The fourth-order valence-electron chi connectivity index (χ4n) is 2.80.